The summed E-state index contributed by atoms with van der Waals surface area (Å²) in [5.41, 5.74) is 19.6. The van der Waals surface area contributed by atoms with Crippen LogP contribution in [0.2, 0.25) is 0 Å². The summed E-state index contributed by atoms with van der Waals surface area (Å²) in [6.07, 6.45) is 38.1. The third kappa shape index (κ3) is 13.5. The molecule has 0 saturated carbocycles. The molecular weight excluding hydrogens is 961 g/mol. The van der Waals surface area contributed by atoms with Gasteiger partial charge in [-0.3, -0.25) is 9.59 Å². The molecule has 1 aliphatic rings. The maximum atomic E-state index is 13.4. The molecule has 2 heterocycles. The fraction of sp³-hybridized carbons (Fsp3) is 0.493. The monoisotopic (exact) mass is 1060 g/mol. The first-order valence-corrected chi connectivity index (χ1v) is 31.9. The summed E-state index contributed by atoms with van der Waals surface area (Å²) in [5, 5.41) is 3.30. The van der Waals surface area contributed by atoms with Crippen molar-refractivity contribution in [3.63, 3.8) is 0 Å². The Bertz CT molecular complexity index is 3210. The minimum atomic E-state index is 0.0998. The SMILES string of the molecule is CCCCCCCCC1(CCCCCCCC)c2cc(CCCCCCCCc3ccc4c(c3)c(=O)c3ccccc3n4C)c(C)cc2-c2cc(C)c(CCCCCCCCc3ccc4c(c3)c(=O)c3ccccc3n4C)cc21. The molecule has 0 saturated heterocycles. The van der Waals surface area contributed by atoms with Gasteiger partial charge in [0.2, 0.25) is 0 Å². The van der Waals surface area contributed by atoms with Gasteiger partial charge in [0, 0.05) is 41.1 Å². The Morgan fingerprint density at radius 2 is 0.696 bits per heavy atom. The molecule has 0 spiro atoms. The molecule has 0 bridgehead atoms. The lowest BCUT2D eigenvalue weighted by Gasteiger charge is -2.34. The van der Waals surface area contributed by atoms with Crippen LogP contribution in [-0.4, -0.2) is 9.13 Å². The van der Waals surface area contributed by atoms with Crippen LogP contribution in [0.5, 0.6) is 0 Å². The zero-order valence-electron chi connectivity index (χ0n) is 49.8. The number of fused-ring (bicyclic) bond motifs is 7. The number of hydrogen-bond donors (Lipinski definition) is 0. The number of hydrogen-bond acceptors (Lipinski definition) is 2. The number of aryl methyl sites for hydroxylation is 8. The van der Waals surface area contributed by atoms with Crippen LogP contribution in [0.25, 0.3) is 54.7 Å². The van der Waals surface area contributed by atoms with Gasteiger partial charge < -0.3 is 9.13 Å². The van der Waals surface area contributed by atoms with Crippen molar-refractivity contribution in [2.24, 2.45) is 14.1 Å². The van der Waals surface area contributed by atoms with Gasteiger partial charge in [0.15, 0.2) is 10.9 Å². The molecule has 1 aliphatic carbocycles. The van der Waals surface area contributed by atoms with Crippen molar-refractivity contribution in [2.45, 2.75) is 226 Å². The lowest BCUT2D eigenvalue weighted by atomic mass is 9.69. The van der Waals surface area contributed by atoms with Gasteiger partial charge in [0.1, 0.15) is 0 Å². The van der Waals surface area contributed by atoms with Crippen LogP contribution in [0, 0.1) is 13.8 Å². The first-order valence-electron chi connectivity index (χ1n) is 31.9. The number of nitrogens with zero attached hydrogens (tertiary/aromatic N) is 2. The molecule has 9 rings (SSSR count). The lowest BCUT2D eigenvalue weighted by Crippen LogP contribution is -2.26. The molecule has 0 aliphatic heterocycles. The van der Waals surface area contributed by atoms with E-state index in [9.17, 15) is 9.59 Å². The minimum Gasteiger partial charge on any atom is -0.343 e. The van der Waals surface area contributed by atoms with Crippen molar-refractivity contribution in [2.75, 3.05) is 0 Å². The third-order valence-corrected chi connectivity index (χ3v) is 18.9. The summed E-state index contributed by atoms with van der Waals surface area (Å²) in [5.74, 6) is 0. The van der Waals surface area contributed by atoms with Gasteiger partial charge >= 0.3 is 0 Å². The van der Waals surface area contributed by atoms with E-state index in [0.29, 0.717) is 0 Å². The molecule has 6 aromatic carbocycles. The van der Waals surface area contributed by atoms with Crippen LogP contribution < -0.4 is 10.9 Å². The van der Waals surface area contributed by atoms with Crippen molar-refractivity contribution in [3.8, 4) is 11.1 Å². The van der Waals surface area contributed by atoms with Crippen LogP contribution in [-0.2, 0) is 45.2 Å². The van der Waals surface area contributed by atoms with Gasteiger partial charge in [-0.1, -0.05) is 203 Å². The highest BCUT2D eigenvalue weighted by atomic mass is 16.1. The second-order valence-electron chi connectivity index (χ2n) is 24.5. The first-order chi connectivity index (χ1) is 38.6. The average Bonchev–Trinajstić information content (AvgIpc) is 3.71. The number of rotatable bonds is 32. The van der Waals surface area contributed by atoms with E-state index in [2.05, 4.69) is 112 Å². The lowest BCUT2D eigenvalue weighted by molar-refractivity contribution is 0.397. The summed E-state index contributed by atoms with van der Waals surface area (Å²) in [4.78, 5) is 26.9. The van der Waals surface area contributed by atoms with Gasteiger partial charge in [-0.05, 0) is 182 Å². The number of benzene rings is 6. The molecule has 0 fully saturated rings. The Balaban J connectivity index is 0.819. The van der Waals surface area contributed by atoms with Gasteiger partial charge in [0.05, 0.1) is 22.1 Å². The highest BCUT2D eigenvalue weighted by Crippen LogP contribution is 2.56. The molecular formula is C75H96N2O2. The van der Waals surface area contributed by atoms with E-state index in [1.54, 1.807) is 33.4 Å². The zero-order chi connectivity index (χ0) is 55.1. The Kier molecular flexibility index (Phi) is 20.6. The van der Waals surface area contributed by atoms with Crippen LogP contribution in [0.4, 0.5) is 0 Å². The largest absolute Gasteiger partial charge is 0.343 e. The smallest absolute Gasteiger partial charge is 0.197 e. The molecule has 0 amide bonds. The normalized spacial score (nSPS) is 12.9. The molecule has 4 nitrogen and oxygen atoms in total. The van der Waals surface area contributed by atoms with Gasteiger partial charge in [-0.25, -0.2) is 0 Å². The fourth-order valence-corrected chi connectivity index (χ4v) is 14.1. The molecule has 2 aromatic heterocycles. The van der Waals surface area contributed by atoms with Crippen molar-refractivity contribution < 1.29 is 0 Å². The Morgan fingerprint density at radius 3 is 1.10 bits per heavy atom. The standard InChI is InChI=1S/C75H96N2O2/c1-7-9-11-13-23-33-47-75(48-34-24-14-12-10-8-2)67-53-59(37-27-21-17-15-19-25-35-57-43-45-71-65(51-57)73(78)61-39-29-31-41-69(61)76(71)5)55(3)49-63(67)64-50-56(4)60(54-68(64)75)38-28-22-18-16-20-26-36-58-44-46-72-66(52-58)74(79)62-40-30-32-42-70(62)77(72)6/h29-32,39-46,49-54H,7-28,33-38,47-48H2,1-6H3. The number of unbranched alkanes of at least 4 members (excludes halogenated alkanes) is 20. The van der Waals surface area contributed by atoms with Crippen LogP contribution >= 0.6 is 0 Å². The van der Waals surface area contributed by atoms with E-state index in [4.69, 9.17) is 0 Å². The summed E-state index contributed by atoms with van der Waals surface area (Å²) >= 11 is 0. The Labute approximate surface area is 475 Å². The molecule has 0 N–H and O–H groups in total. The van der Waals surface area contributed by atoms with Crippen LogP contribution in [0.3, 0.4) is 0 Å². The highest BCUT2D eigenvalue weighted by Gasteiger charge is 2.43. The quantitative estimate of drug-likeness (QED) is 0.0312. The summed E-state index contributed by atoms with van der Waals surface area (Å²) in [6.45, 7) is 9.48. The first kappa shape index (κ1) is 57.9. The summed E-state index contributed by atoms with van der Waals surface area (Å²) in [6, 6.07) is 39.8. The van der Waals surface area contributed by atoms with Crippen molar-refractivity contribution in [1.82, 2.24) is 9.13 Å². The van der Waals surface area contributed by atoms with Crippen molar-refractivity contribution in [3.05, 3.63) is 174 Å². The molecule has 0 unspecified atom stereocenters. The fourth-order valence-electron chi connectivity index (χ4n) is 14.1. The van der Waals surface area contributed by atoms with E-state index in [1.807, 2.05) is 48.5 Å². The van der Waals surface area contributed by atoms with Crippen LogP contribution in [0.15, 0.2) is 119 Å². The second-order valence-corrected chi connectivity index (χ2v) is 24.5. The van der Waals surface area contributed by atoms with Crippen molar-refractivity contribution >= 4 is 43.6 Å². The Hall–Kier alpha value is -5.74. The van der Waals surface area contributed by atoms with E-state index < -0.39 is 0 Å². The third-order valence-electron chi connectivity index (χ3n) is 18.9. The topological polar surface area (TPSA) is 44.0 Å². The van der Waals surface area contributed by atoms with Gasteiger partial charge in [-0.2, -0.15) is 0 Å². The molecule has 4 heteroatoms. The molecule has 418 valence electrons. The Morgan fingerprint density at radius 1 is 0.354 bits per heavy atom. The van der Waals surface area contributed by atoms with Gasteiger partial charge in [-0.15, -0.1) is 0 Å². The van der Waals surface area contributed by atoms with E-state index in [0.717, 1.165) is 56.5 Å². The minimum absolute atomic E-state index is 0.0998. The predicted octanol–water partition coefficient (Wildman–Crippen LogP) is 20.3. The number of pyridine rings is 2. The molecule has 0 atom stereocenters. The summed E-state index contributed by atoms with van der Waals surface area (Å²) in [7, 11) is 4.14. The number of aromatic nitrogens is 2. The van der Waals surface area contributed by atoms with Crippen molar-refractivity contribution in [1.29, 1.82) is 0 Å². The molecule has 0 radical (unpaired) electrons. The molecule has 8 aromatic rings. The van der Waals surface area contributed by atoms with Crippen LogP contribution in [0.1, 0.15) is 225 Å². The second kappa shape index (κ2) is 28.1. The predicted molar refractivity (Wildman–Crippen MR) is 342 cm³/mol. The van der Waals surface area contributed by atoms with Gasteiger partial charge in [0.25, 0.3) is 0 Å². The highest BCUT2D eigenvalue weighted by molar-refractivity contribution is 5.95. The van der Waals surface area contributed by atoms with E-state index >= 15 is 0 Å². The zero-order valence-corrected chi connectivity index (χ0v) is 49.8. The molecule has 79 heavy (non-hydrogen) atoms. The van der Waals surface area contributed by atoms with E-state index in [-0.39, 0.29) is 16.3 Å². The maximum absolute atomic E-state index is 13.4. The van der Waals surface area contributed by atoms with E-state index in [1.165, 1.54) is 202 Å². The number of para-hydroxylation sites is 2. The maximum Gasteiger partial charge on any atom is 0.197 e. The average molecular weight is 1060 g/mol. The summed E-state index contributed by atoms with van der Waals surface area (Å²) < 4.78 is 4.32.